The molecule has 1 heterocycles. The minimum Gasteiger partial charge on any atom is -0.369 e. The average Bonchev–Trinajstić information content (AvgIpc) is 2.83. The summed E-state index contributed by atoms with van der Waals surface area (Å²) in [6.07, 6.45) is 5.44. The van der Waals surface area contributed by atoms with Crippen LogP contribution < -0.4 is 5.73 Å². The molecular weight excluding hydrogens is 216 g/mol. The monoisotopic (exact) mass is 231 g/mol. The van der Waals surface area contributed by atoms with Crippen LogP contribution in [0.4, 0.5) is 8.78 Å². The van der Waals surface area contributed by atoms with E-state index < -0.39 is 6.55 Å². The second-order valence-corrected chi connectivity index (χ2v) is 3.97. The molecule has 1 aromatic rings. The van der Waals surface area contributed by atoms with Crippen LogP contribution in [0.25, 0.3) is 0 Å². The fourth-order valence-corrected chi connectivity index (χ4v) is 1.98. The summed E-state index contributed by atoms with van der Waals surface area (Å²) < 4.78 is 31.3. The molecule has 1 aliphatic carbocycles. The lowest BCUT2D eigenvalue weighted by atomic mass is 10.2. The van der Waals surface area contributed by atoms with E-state index in [4.69, 9.17) is 10.5 Å². The molecule has 90 valence electrons. The van der Waals surface area contributed by atoms with E-state index in [-0.39, 0.29) is 24.6 Å². The maximum absolute atomic E-state index is 12.5. The largest absolute Gasteiger partial charge is 0.369 e. The first-order valence-corrected chi connectivity index (χ1v) is 5.35. The van der Waals surface area contributed by atoms with Gasteiger partial charge in [-0.05, 0) is 19.3 Å². The number of halogens is 2. The Hall–Kier alpha value is -1.01. The molecule has 0 radical (unpaired) electrons. The van der Waals surface area contributed by atoms with Gasteiger partial charge in [-0.2, -0.15) is 8.78 Å². The van der Waals surface area contributed by atoms with E-state index in [1.54, 1.807) is 0 Å². The number of nitrogens with zero attached hydrogens (tertiary/aromatic N) is 2. The van der Waals surface area contributed by atoms with Gasteiger partial charge in [0, 0.05) is 18.4 Å². The van der Waals surface area contributed by atoms with Crippen molar-refractivity contribution in [2.45, 2.75) is 44.6 Å². The fraction of sp³-hybridized carbons (Fsp3) is 0.700. The molecule has 1 saturated carbocycles. The van der Waals surface area contributed by atoms with Crippen LogP contribution in [0.3, 0.4) is 0 Å². The van der Waals surface area contributed by atoms with Gasteiger partial charge in [-0.15, -0.1) is 0 Å². The van der Waals surface area contributed by atoms with Gasteiger partial charge >= 0.3 is 6.55 Å². The lowest BCUT2D eigenvalue weighted by Gasteiger charge is -2.16. The zero-order valence-electron chi connectivity index (χ0n) is 8.85. The number of ether oxygens (including phenoxy) is 1. The highest BCUT2D eigenvalue weighted by Crippen LogP contribution is 2.22. The summed E-state index contributed by atoms with van der Waals surface area (Å²) in [5.41, 5.74) is 5.82. The Morgan fingerprint density at radius 3 is 3.00 bits per heavy atom. The molecule has 1 aliphatic rings. The van der Waals surface area contributed by atoms with Gasteiger partial charge in [0.25, 0.3) is 0 Å². The van der Waals surface area contributed by atoms with Crippen molar-refractivity contribution in [3.63, 3.8) is 0 Å². The van der Waals surface area contributed by atoms with Crippen molar-refractivity contribution in [1.29, 1.82) is 0 Å². The Morgan fingerprint density at radius 2 is 2.38 bits per heavy atom. The number of imidazole rings is 1. The predicted molar refractivity (Wildman–Crippen MR) is 53.9 cm³/mol. The maximum atomic E-state index is 12.5. The average molecular weight is 231 g/mol. The number of aromatic nitrogens is 2. The van der Waals surface area contributed by atoms with Gasteiger partial charge in [0.05, 0.1) is 6.10 Å². The Kier molecular flexibility index (Phi) is 3.50. The van der Waals surface area contributed by atoms with Crippen molar-refractivity contribution in [3.8, 4) is 0 Å². The zero-order valence-corrected chi connectivity index (χ0v) is 8.85. The SMILES string of the molecule is NC1CCCC1OCc1nccn1C(F)F. The zero-order chi connectivity index (χ0) is 11.5. The molecule has 6 heteroatoms. The first kappa shape index (κ1) is 11.5. The molecular formula is C10H15F2N3O. The number of rotatable bonds is 4. The minimum atomic E-state index is -2.57. The molecule has 4 nitrogen and oxygen atoms in total. The topological polar surface area (TPSA) is 53.1 Å². The van der Waals surface area contributed by atoms with Crippen molar-refractivity contribution >= 4 is 0 Å². The lowest BCUT2D eigenvalue weighted by Crippen LogP contribution is -2.31. The van der Waals surface area contributed by atoms with Crippen LogP contribution in [0.15, 0.2) is 12.4 Å². The highest BCUT2D eigenvalue weighted by molar-refractivity contribution is 4.91. The van der Waals surface area contributed by atoms with Gasteiger partial charge in [0.15, 0.2) is 0 Å². The Morgan fingerprint density at radius 1 is 1.56 bits per heavy atom. The molecule has 2 N–H and O–H groups in total. The summed E-state index contributed by atoms with van der Waals surface area (Å²) in [4.78, 5) is 3.84. The van der Waals surface area contributed by atoms with E-state index in [2.05, 4.69) is 4.98 Å². The Balaban J connectivity index is 1.91. The quantitative estimate of drug-likeness (QED) is 0.857. The van der Waals surface area contributed by atoms with E-state index in [1.807, 2.05) is 0 Å². The normalized spacial score (nSPS) is 25.5. The number of hydrogen-bond acceptors (Lipinski definition) is 3. The van der Waals surface area contributed by atoms with Crippen molar-refractivity contribution in [2.75, 3.05) is 0 Å². The standard InChI is InChI=1S/C10H15F2N3O/c11-10(12)15-5-4-14-9(15)6-16-8-3-1-2-7(8)13/h4-5,7-8,10H,1-3,6,13H2. The van der Waals surface area contributed by atoms with E-state index in [9.17, 15) is 8.78 Å². The lowest BCUT2D eigenvalue weighted by molar-refractivity contribution is 0.0166. The van der Waals surface area contributed by atoms with Gasteiger partial charge in [0.1, 0.15) is 12.4 Å². The molecule has 2 atom stereocenters. The van der Waals surface area contributed by atoms with Crippen LogP contribution in [-0.4, -0.2) is 21.7 Å². The summed E-state index contributed by atoms with van der Waals surface area (Å²) in [7, 11) is 0. The number of alkyl halides is 2. The van der Waals surface area contributed by atoms with E-state index >= 15 is 0 Å². The van der Waals surface area contributed by atoms with Crippen LogP contribution in [-0.2, 0) is 11.3 Å². The molecule has 0 saturated heterocycles. The molecule has 0 spiro atoms. The van der Waals surface area contributed by atoms with E-state index in [1.165, 1.54) is 12.4 Å². The summed E-state index contributed by atoms with van der Waals surface area (Å²) in [5, 5.41) is 0. The second-order valence-electron chi connectivity index (χ2n) is 3.97. The van der Waals surface area contributed by atoms with Crippen LogP contribution >= 0.6 is 0 Å². The van der Waals surface area contributed by atoms with Crippen LogP contribution in [0.5, 0.6) is 0 Å². The van der Waals surface area contributed by atoms with Crippen LogP contribution in [0.1, 0.15) is 31.6 Å². The van der Waals surface area contributed by atoms with Crippen molar-refractivity contribution in [2.24, 2.45) is 5.73 Å². The van der Waals surface area contributed by atoms with Gasteiger partial charge in [0.2, 0.25) is 0 Å². The molecule has 0 amide bonds. The smallest absolute Gasteiger partial charge is 0.320 e. The second kappa shape index (κ2) is 4.88. The molecule has 0 aliphatic heterocycles. The molecule has 1 aromatic heterocycles. The molecule has 16 heavy (non-hydrogen) atoms. The highest BCUT2D eigenvalue weighted by atomic mass is 19.3. The third-order valence-electron chi connectivity index (χ3n) is 2.89. The number of hydrogen-bond donors (Lipinski definition) is 1. The first-order valence-electron chi connectivity index (χ1n) is 5.35. The van der Waals surface area contributed by atoms with Crippen molar-refractivity contribution in [1.82, 2.24) is 9.55 Å². The van der Waals surface area contributed by atoms with Gasteiger partial charge in [-0.1, -0.05) is 0 Å². The Bertz CT molecular complexity index is 343. The number of nitrogens with two attached hydrogens (primary N) is 1. The van der Waals surface area contributed by atoms with Crippen LogP contribution in [0, 0.1) is 0 Å². The minimum absolute atomic E-state index is 0.0231. The summed E-state index contributed by atoms with van der Waals surface area (Å²) in [6, 6.07) is 0.0231. The first-order chi connectivity index (χ1) is 7.68. The third-order valence-corrected chi connectivity index (χ3v) is 2.89. The molecule has 0 bridgehead atoms. The predicted octanol–water partition coefficient (Wildman–Crippen LogP) is 1.67. The van der Waals surface area contributed by atoms with Crippen molar-refractivity contribution in [3.05, 3.63) is 18.2 Å². The summed E-state index contributed by atoms with van der Waals surface area (Å²) >= 11 is 0. The fourth-order valence-electron chi connectivity index (χ4n) is 1.98. The molecule has 2 rings (SSSR count). The van der Waals surface area contributed by atoms with E-state index in [0.717, 1.165) is 23.8 Å². The molecule has 2 unspecified atom stereocenters. The van der Waals surface area contributed by atoms with Gasteiger partial charge in [-0.25, -0.2) is 4.98 Å². The highest BCUT2D eigenvalue weighted by Gasteiger charge is 2.25. The van der Waals surface area contributed by atoms with E-state index in [0.29, 0.717) is 0 Å². The molecule has 1 fully saturated rings. The maximum Gasteiger partial charge on any atom is 0.320 e. The summed E-state index contributed by atoms with van der Waals surface area (Å²) in [6.45, 7) is -2.48. The van der Waals surface area contributed by atoms with Gasteiger partial charge in [-0.3, -0.25) is 4.57 Å². The summed E-state index contributed by atoms with van der Waals surface area (Å²) in [5.74, 6) is 0.245. The molecule has 0 aromatic carbocycles. The Labute approximate surface area is 92.4 Å². The van der Waals surface area contributed by atoms with Crippen molar-refractivity contribution < 1.29 is 13.5 Å². The van der Waals surface area contributed by atoms with Crippen LogP contribution in [0.2, 0.25) is 0 Å². The van der Waals surface area contributed by atoms with Gasteiger partial charge < -0.3 is 10.5 Å². The third kappa shape index (κ3) is 2.38.